The number of amides is 4. The fourth-order valence-corrected chi connectivity index (χ4v) is 10.7. The number of methoxy groups -OCH3 is 1. The molecule has 0 spiro atoms. The maximum absolute atomic E-state index is 14.8. The van der Waals surface area contributed by atoms with E-state index in [0.29, 0.717) is 53.1 Å². The highest BCUT2D eigenvalue weighted by Crippen LogP contribution is 2.46. The molecule has 4 aliphatic rings. The van der Waals surface area contributed by atoms with Gasteiger partial charge < -0.3 is 35.1 Å². The molecule has 4 N–H and O–H groups in total. The highest BCUT2D eigenvalue weighted by Gasteiger charge is 2.61. The molecule has 3 fully saturated rings. The third-order valence-corrected chi connectivity index (χ3v) is 14.4. The van der Waals surface area contributed by atoms with Crippen molar-refractivity contribution < 1.29 is 41.8 Å². The molecule has 5 atom stereocenters. The van der Waals surface area contributed by atoms with Crippen LogP contribution in [-0.4, -0.2) is 96.6 Å². The van der Waals surface area contributed by atoms with Crippen molar-refractivity contribution in [3.05, 3.63) is 72.1 Å². The van der Waals surface area contributed by atoms with E-state index in [1.165, 1.54) is 28.4 Å². The summed E-state index contributed by atoms with van der Waals surface area (Å²) in [6.45, 7) is 4.02. The molecule has 64 heavy (non-hydrogen) atoms. The number of anilines is 1. The Labute approximate surface area is 377 Å². The number of ether oxygens (including phenoxy) is 3. The van der Waals surface area contributed by atoms with Crippen molar-refractivity contribution >= 4 is 61.2 Å². The summed E-state index contributed by atoms with van der Waals surface area (Å²) >= 11 is 1.45. The summed E-state index contributed by atoms with van der Waals surface area (Å²) < 4.78 is 47.0. The van der Waals surface area contributed by atoms with E-state index in [1.807, 2.05) is 37.4 Å². The zero-order valence-corrected chi connectivity index (χ0v) is 37.8. The van der Waals surface area contributed by atoms with E-state index in [1.54, 1.807) is 43.5 Å². The number of aromatic nitrogens is 2. The highest BCUT2D eigenvalue weighted by atomic mass is 32.2. The lowest BCUT2D eigenvalue weighted by atomic mass is 10.0. The minimum Gasteiger partial charge on any atom is -0.497 e. The summed E-state index contributed by atoms with van der Waals surface area (Å²) in [5.41, 5.74) is 0.150. The minimum atomic E-state index is -4.28. The Morgan fingerprint density at radius 3 is 2.50 bits per heavy atom. The quantitative estimate of drug-likeness (QED) is 0.119. The highest BCUT2D eigenvalue weighted by molar-refractivity contribution is 7.90. The minimum absolute atomic E-state index is 0.0196. The van der Waals surface area contributed by atoms with E-state index in [0.717, 1.165) is 43.7 Å². The van der Waals surface area contributed by atoms with Gasteiger partial charge in [-0.1, -0.05) is 43.2 Å². The van der Waals surface area contributed by atoms with Crippen LogP contribution in [0.5, 0.6) is 11.5 Å². The molecule has 1 saturated heterocycles. The second kappa shape index (κ2) is 19.2. The number of carbonyl (C=O) groups is 4. The van der Waals surface area contributed by atoms with Gasteiger partial charge in [0.25, 0.3) is 15.9 Å². The molecule has 4 heterocycles. The van der Waals surface area contributed by atoms with Crippen molar-refractivity contribution in [1.29, 1.82) is 0 Å². The number of thiazole rings is 1. The van der Waals surface area contributed by atoms with E-state index >= 15 is 0 Å². The Kier molecular flexibility index (Phi) is 13.4. The molecule has 0 radical (unpaired) electrons. The van der Waals surface area contributed by atoms with Crippen molar-refractivity contribution in [3.63, 3.8) is 0 Å². The number of hydrogen-bond donors (Lipinski definition) is 4. The van der Waals surface area contributed by atoms with Crippen LogP contribution < -0.4 is 30.1 Å². The predicted octanol–water partition coefficient (Wildman–Crippen LogP) is 6.47. The van der Waals surface area contributed by atoms with Crippen LogP contribution in [0.4, 0.5) is 9.93 Å². The van der Waals surface area contributed by atoms with Gasteiger partial charge in [0.05, 0.1) is 29.8 Å². The SMILES string of the molecule is COc1ccc2c(O[C@@H]3C[C@H]4C(=O)N[C@]5(C(=O)NS(=O)(=O)c6ccccc6)C[C@H]5C=CCCCCC[C@H](NC(=O)OC5CCCC5)C(=O)N4C3)cc(-c3csc(NC(C)C)n3)nc2c1. The number of nitrogens with zero attached hydrogens (tertiary/aromatic N) is 3. The Balaban J connectivity index is 1.12. The number of hydrogen-bond acceptors (Lipinski definition) is 13. The largest absolute Gasteiger partial charge is 0.497 e. The van der Waals surface area contributed by atoms with Crippen molar-refractivity contribution in [2.75, 3.05) is 19.0 Å². The molecule has 4 amide bonds. The molecule has 0 unspecified atom stereocenters. The van der Waals surface area contributed by atoms with Crippen molar-refractivity contribution in [2.45, 2.75) is 125 Å². The first kappa shape index (κ1) is 44.8. The number of alkyl carbamates (subject to hydrolysis) is 1. The van der Waals surface area contributed by atoms with Crippen LogP contribution in [0.15, 0.2) is 77.0 Å². The Bertz CT molecular complexity index is 2510. The molecule has 16 nitrogen and oxygen atoms in total. The maximum atomic E-state index is 14.8. The zero-order chi connectivity index (χ0) is 45.0. The normalized spacial score (nSPS) is 24.2. The Morgan fingerprint density at radius 1 is 0.953 bits per heavy atom. The van der Waals surface area contributed by atoms with E-state index in [2.05, 4.69) is 20.7 Å². The number of pyridine rings is 1. The van der Waals surface area contributed by atoms with Crippen LogP contribution in [0.25, 0.3) is 22.3 Å². The fraction of sp³-hybridized carbons (Fsp3) is 0.478. The summed E-state index contributed by atoms with van der Waals surface area (Å²) in [5.74, 6) is -1.48. The van der Waals surface area contributed by atoms with Crippen LogP contribution in [0.2, 0.25) is 0 Å². The first-order chi connectivity index (χ1) is 30.8. The van der Waals surface area contributed by atoms with Crippen LogP contribution >= 0.6 is 11.3 Å². The molecule has 8 rings (SSSR count). The first-order valence-corrected chi connectivity index (χ1v) is 24.4. The van der Waals surface area contributed by atoms with Gasteiger partial charge in [0.1, 0.15) is 47.0 Å². The molecule has 2 aliphatic carbocycles. The predicted molar refractivity (Wildman–Crippen MR) is 241 cm³/mol. The molecule has 18 heteroatoms. The second-order valence-electron chi connectivity index (χ2n) is 17.3. The number of benzene rings is 2. The van der Waals surface area contributed by atoms with Gasteiger partial charge in [-0.3, -0.25) is 14.4 Å². The van der Waals surface area contributed by atoms with Gasteiger partial charge in [-0.15, -0.1) is 11.3 Å². The molecular formula is C46H55N7O9S2. The van der Waals surface area contributed by atoms with Crippen molar-refractivity contribution in [1.82, 2.24) is 30.2 Å². The Hall–Kier alpha value is -5.75. The molecule has 2 aromatic carbocycles. The van der Waals surface area contributed by atoms with Crippen molar-refractivity contribution in [2.24, 2.45) is 5.92 Å². The zero-order valence-electron chi connectivity index (χ0n) is 36.2. The van der Waals surface area contributed by atoms with Gasteiger partial charge >= 0.3 is 6.09 Å². The fourth-order valence-electron chi connectivity index (χ4n) is 8.79. The average Bonchev–Trinajstić information content (AvgIpc) is 3.70. The lowest BCUT2D eigenvalue weighted by molar-refractivity contribution is -0.141. The number of rotatable bonds is 11. The summed E-state index contributed by atoms with van der Waals surface area (Å²) in [7, 11) is -2.71. The van der Waals surface area contributed by atoms with Crippen LogP contribution in [0, 0.1) is 5.92 Å². The van der Waals surface area contributed by atoms with E-state index in [4.69, 9.17) is 24.2 Å². The third kappa shape index (κ3) is 10.1. The number of fused-ring (bicyclic) bond motifs is 3. The van der Waals surface area contributed by atoms with Crippen LogP contribution in [-0.2, 0) is 29.1 Å². The summed E-state index contributed by atoms with van der Waals surface area (Å²) in [6, 6.07) is 12.8. The molecule has 4 aromatic rings. The number of sulfonamides is 1. The molecule has 2 aliphatic heterocycles. The maximum Gasteiger partial charge on any atom is 0.408 e. The van der Waals surface area contributed by atoms with Gasteiger partial charge in [-0.2, -0.15) is 0 Å². The van der Waals surface area contributed by atoms with Gasteiger partial charge in [0.15, 0.2) is 5.13 Å². The van der Waals surface area contributed by atoms with E-state index in [-0.39, 0.29) is 36.4 Å². The monoisotopic (exact) mass is 913 g/mol. The lowest BCUT2D eigenvalue weighted by Crippen LogP contribution is -2.58. The number of allylic oxidation sites excluding steroid dienone is 1. The summed E-state index contributed by atoms with van der Waals surface area (Å²) in [5, 5.41) is 12.4. The molecule has 2 aromatic heterocycles. The smallest absolute Gasteiger partial charge is 0.408 e. The van der Waals surface area contributed by atoms with E-state index in [9.17, 15) is 27.6 Å². The van der Waals surface area contributed by atoms with Crippen LogP contribution in [0.3, 0.4) is 0 Å². The second-order valence-corrected chi connectivity index (χ2v) is 19.8. The topological polar surface area (TPSA) is 207 Å². The summed E-state index contributed by atoms with van der Waals surface area (Å²) in [4.78, 5) is 68.0. The third-order valence-electron chi connectivity index (χ3n) is 12.2. The number of nitrogens with one attached hydrogen (secondary N) is 4. The molecule has 0 bridgehead atoms. The summed E-state index contributed by atoms with van der Waals surface area (Å²) in [6.07, 6.45) is 8.88. The number of carbonyl (C=O) groups excluding carboxylic acids is 4. The van der Waals surface area contributed by atoms with Gasteiger partial charge in [0, 0.05) is 41.3 Å². The van der Waals surface area contributed by atoms with Crippen LogP contribution in [0.1, 0.15) is 84.5 Å². The molecule has 340 valence electrons. The Morgan fingerprint density at radius 2 is 1.73 bits per heavy atom. The lowest BCUT2D eigenvalue weighted by Gasteiger charge is -2.30. The first-order valence-electron chi connectivity index (χ1n) is 22.1. The van der Waals surface area contributed by atoms with Gasteiger partial charge in [-0.05, 0) is 89.5 Å². The van der Waals surface area contributed by atoms with Crippen molar-refractivity contribution in [3.8, 4) is 22.9 Å². The van der Waals surface area contributed by atoms with Gasteiger partial charge in [-0.25, -0.2) is 27.9 Å². The molecule has 2 saturated carbocycles. The molecular weight excluding hydrogens is 859 g/mol. The average molecular weight is 914 g/mol. The van der Waals surface area contributed by atoms with Gasteiger partial charge in [0.2, 0.25) is 11.8 Å². The standard InChI is InChI=1S/C46H55N7O9S2/c1-28(2)47-44-49-38(27-63-44)37-24-40(34-21-20-31(60-3)22-36(34)48-37)61-32-23-39-41(54)51-46(43(56)52-64(58,59)33-17-9-7-10-18-33)25-29(46)14-8-5-4-6-11-19-35(42(55)53(39)26-32)50-45(57)62-30-15-12-13-16-30/h7-10,14,17-18,20-22,24,27-30,32,35,39H,4-6,11-13,15-16,19,23,25-26H2,1-3H3,(H,47,49)(H,50,57)(H,51,54)(H,52,56)/t29-,32-,35+,39+,46-/m1/s1. The van der Waals surface area contributed by atoms with E-state index < -0.39 is 63.5 Å².